The van der Waals surface area contributed by atoms with Crippen molar-refractivity contribution in [3.05, 3.63) is 59.7 Å². The van der Waals surface area contributed by atoms with Crippen LogP contribution in [0.1, 0.15) is 63.5 Å². The first-order chi connectivity index (χ1) is 17.1. The molecular weight excluding hydrogens is 454 g/mol. The highest BCUT2D eigenvalue weighted by molar-refractivity contribution is 5.96. The number of carbonyl (C=O) groups excluding carboxylic acids is 3. The van der Waals surface area contributed by atoms with Crippen molar-refractivity contribution in [1.29, 1.82) is 0 Å². The van der Waals surface area contributed by atoms with E-state index in [4.69, 9.17) is 12.2 Å². The minimum atomic E-state index is -1.19. The van der Waals surface area contributed by atoms with Crippen molar-refractivity contribution in [2.75, 3.05) is 0 Å². The molecule has 0 fully saturated rings. The Morgan fingerprint density at radius 3 is 2.36 bits per heavy atom. The molecule has 2 aromatic carbocycles. The van der Waals surface area contributed by atoms with Gasteiger partial charge in [-0.15, -0.1) is 12.3 Å². The van der Waals surface area contributed by atoms with E-state index in [-0.39, 0.29) is 48.1 Å². The monoisotopic (exact) mass is 491 g/mol. The lowest BCUT2D eigenvalue weighted by Gasteiger charge is -2.29. The number of carbonyl (C=O) groups is 3. The van der Waals surface area contributed by atoms with Gasteiger partial charge in [0.05, 0.1) is 5.54 Å². The summed E-state index contributed by atoms with van der Waals surface area (Å²) in [4.78, 5) is 39.6. The Kier molecular flexibility index (Phi) is 10.9. The molecular formula is C30H37NO5. The number of Topliss-reactive ketones (excluding diaryl/α,β-unsaturated/α-hetero) is 3. The molecule has 2 aromatic rings. The molecule has 4 N–H and O–H groups in total. The molecule has 192 valence electrons. The van der Waals surface area contributed by atoms with E-state index in [0.717, 1.165) is 5.56 Å². The van der Waals surface area contributed by atoms with E-state index in [1.807, 2.05) is 30.3 Å². The van der Waals surface area contributed by atoms with Crippen LogP contribution in [0, 0.1) is 24.2 Å². The number of ketones is 3. The summed E-state index contributed by atoms with van der Waals surface area (Å²) in [5, 5.41) is 19.5. The summed E-state index contributed by atoms with van der Waals surface area (Å²) in [6, 6.07) is 13.8. The van der Waals surface area contributed by atoms with Gasteiger partial charge in [-0.3, -0.25) is 14.4 Å². The number of rotatable bonds is 15. The van der Waals surface area contributed by atoms with Crippen LogP contribution < -0.4 is 5.73 Å². The van der Waals surface area contributed by atoms with Gasteiger partial charge < -0.3 is 15.9 Å². The van der Waals surface area contributed by atoms with Crippen LogP contribution in [0.5, 0.6) is 11.5 Å². The molecule has 0 amide bonds. The van der Waals surface area contributed by atoms with Gasteiger partial charge in [0.2, 0.25) is 0 Å². The number of benzene rings is 2. The Bertz CT molecular complexity index is 1080. The molecule has 6 heteroatoms. The first kappa shape index (κ1) is 28.8. The van der Waals surface area contributed by atoms with Gasteiger partial charge in [-0.2, -0.15) is 0 Å². The molecule has 0 saturated carbocycles. The lowest BCUT2D eigenvalue weighted by Crippen LogP contribution is -2.49. The van der Waals surface area contributed by atoms with Crippen LogP contribution in [-0.2, 0) is 27.2 Å². The van der Waals surface area contributed by atoms with Crippen molar-refractivity contribution in [2.45, 2.75) is 70.8 Å². The SMILES string of the molecule is C#CCCC(C(=O)CC)[C@H](CC(=O)[C@@](C)(N)Cc1ccccc1)C(=O)CCCc1ccc(O)cc1O. The van der Waals surface area contributed by atoms with E-state index in [1.54, 1.807) is 19.9 Å². The number of aryl methyl sites for hydroxylation is 1. The number of nitrogens with two attached hydrogens (primary N) is 1. The fraction of sp³-hybridized carbons (Fsp3) is 0.433. The fourth-order valence-corrected chi connectivity index (χ4v) is 4.52. The second kappa shape index (κ2) is 13.6. The maximum absolute atomic E-state index is 13.4. The van der Waals surface area contributed by atoms with E-state index in [2.05, 4.69) is 5.92 Å². The van der Waals surface area contributed by atoms with Gasteiger partial charge in [0, 0.05) is 43.6 Å². The van der Waals surface area contributed by atoms with Crippen molar-refractivity contribution in [1.82, 2.24) is 0 Å². The first-order valence-electron chi connectivity index (χ1n) is 12.4. The summed E-state index contributed by atoms with van der Waals surface area (Å²) in [5.74, 6) is 0.482. The minimum absolute atomic E-state index is 0.0398. The molecule has 1 unspecified atom stereocenters. The number of aromatic hydroxyl groups is 2. The van der Waals surface area contributed by atoms with E-state index < -0.39 is 17.4 Å². The van der Waals surface area contributed by atoms with Gasteiger partial charge >= 0.3 is 0 Å². The highest BCUT2D eigenvalue weighted by atomic mass is 16.3. The third-order valence-corrected chi connectivity index (χ3v) is 6.66. The van der Waals surface area contributed by atoms with Crippen LogP contribution in [0.25, 0.3) is 0 Å². The zero-order chi connectivity index (χ0) is 26.7. The fourth-order valence-electron chi connectivity index (χ4n) is 4.52. The summed E-state index contributed by atoms with van der Waals surface area (Å²) in [6.45, 7) is 3.40. The summed E-state index contributed by atoms with van der Waals surface area (Å²) in [7, 11) is 0. The van der Waals surface area contributed by atoms with E-state index in [9.17, 15) is 24.6 Å². The first-order valence-corrected chi connectivity index (χ1v) is 12.4. The summed E-state index contributed by atoms with van der Waals surface area (Å²) >= 11 is 0. The minimum Gasteiger partial charge on any atom is -0.508 e. The normalized spacial score (nSPS) is 14.3. The van der Waals surface area contributed by atoms with Crippen molar-refractivity contribution in [2.24, 2.45) is 17.6 Å². The number of terminal acetylenes is 1. The zero-order valence-electron chi connectivity index (χ0n) is 21.2. The zero-order valence-corrected chi connectivity index (χ0v) is 21.2. The topological polar surface area (TPSA) is 118 Å². The summed E-state index contributed by atoms with van der Waals surface area (Å²) < 4.78 is 0. The third-order valence-electron chi connectivity index (χ3n) is 6.66. The molecule has 0 aliphatic rings. The molecule has 0 aliphatic carbocycles. The lowest BCUT2D eigenvalue weighted by atomic mass is 9.74. The molecule has 3 atom stereocenters. The van der Waals surface area contributed by atoms with Gasteiger partial charge in [0.15, 0.2) is 5.78 Å². The quantitative estimate of drug-likeness (QED) is 0.315. The van der Waals surface area contributed by atoms with Crippen molar-refractivity contribution < 1.29 is 24.6 Å². The van der Waals surface area contributed by atoms with Crippen LogP contribution in [0.4, 0.5) is 0 Å². The predicted octanol–water partition coefficient (Wildman–Crippen LogP) is 4.53. The number of hydrogen-bond acceptors (Lipinski definition) is 6. The maximum atomic E-state index is 13.4. The molecule has 36 heavy (non-hydrogen) atoms. The smallest absolute Gasteiger partial charge is 0.153 e. The third kappa shape index (κ3) is 8.35. The Balaban J connectivity index is 2.20. The van der Waals surface area contributed by atoms with Crippen molar-refractivity contribution >= 4 is 17.3 Å². The standard InChI is InChI=1S/C30H37NO5/c1-4-6-14-24(26(33)5-2)25(19-29(36)30(3,31)20-21-11-8-7-9-12-21)27(34)15-10-13-22-16-17-23(32)18-28(22)35/h1,7-9,11-12,16-18,24-25,32,35H,5-6,10,13-15,19-20,31H2,2-3H3/t24?,25-,30-/m0/s1. The maximum Gasteiger partial charge on any atom is 0.153 e. The summed E-state index contributed by atoms with van der Waals surface area (Å²) in [6.07, 6.45) is 7.55. The Labute approximate surface area is 213 Å². The number of phenolic OH excluding ortho intramolecular Hbond substituents is 2. The Morgan fingerprint density at radius 1 is 1.06 bits per heavy atom. The van der Waals surface area contributed by atoms with Crippen molar-refractivity contribution in [3.63, 3.8) is 0 Å². The molecule has 0 radical (unpaired) electrons. The molecule has 0 spiro atoms. The molecule has 0 saturated heterocycles. The average molecular weight is 492 g/mol. The molecule has 2 rings (SSSR count). The Morgan fingerprint density at radius 2 is 1.75 bits per heavy atom. The van der Waals surface area contributed by atoms with Gasteiger partial charge in [0.25, 0.3) is 0 Å². The molecule has 0 aromatic heterocycles. The average Bonchev–Trinajstić information content (AvgIpc) is 2.84. The lowest BCUT2D eigenvalue weighted by molar-refractivity contribution is -0.136. The van der Waals surface area contributed by atoms with E-state index in [1.165, 1.54) is 12.1 Å². The second-order valence-electron chi connectivity index (χ2n) is 9.62. The number of phenols is 2. The summed E-state index contributed by atoms with van der Waals surface area (Å²) in [5.41, 5.74) is 6.77. The van der Waals surface area contributed by atoms with E-state index in [0.29, 0.717) is 37.7 Å². The van der Waals surface area contributed by atoms with Gasteiger partial charge in [-0.1, -0.05) is 43.3 Å². The van der Waals surface area contributed by atoms with Gasteiger partial charge in [-0.25, -0.2) is 0 Å². The Hall–Kier alpha value is -3.43. The predicted molar refractivity (Wildman–Crippen MR) is 140 cm³/mol. The largest absolute Gasteiger partial charge is 0.508 e. The van der Waals surface area contributed by atoms with Crippen LogP contribution in [0.2, 0.25) is 0 Å². The van der Waals surface area contributed by atoms with E-state index >= 15 is 0 Å². The number of hydrogen-bond donors (Lipinski definition) is 3. The highest BCUT2D eigenvalue weighted by Gasteiger charge is 2.37. The van der Waals surface area contributed by atoms with Gasteiger partial charge in [-0.05, 0) is 49.8 Å². The molecule has 0 bridgehead atoms. The van der Waals surface area contributed by atoms with Crippen LogP contribution in [0.3, 0.4) is 0 Å². The van der Waals surface area contributed by atoms with Gasteiger partial charge in [0.1, 0.15) is 23.1 Å². The molecule has 0 heterocycles. The molecule has 0 aliphatic heterocycles. The van der Waals surface area contributed by atoms with Crippen LogP contribution in [0.15, 0.2) is 48.5 Å². The highest BCUT2D eigenvalue weighted by Crippen LogP contribution is 2.30. The molecule has 6 nitrogen and oxygen atoms in total. The van der Waals surface area contributed by atoms with Crippen LogP contribution >= 0.6 is 0 Å². The van der Waals surface area contributed by atoms with Crippen LogP contribution in [-0.4, -0.2) is 33.1 Å². The van der Waals surface area contributed by atoms with Crippen molar-refractivity contribution in [3.8, 4) is 23.8 Å². The second-order valence-corrected chi connectivity index (χ2v) is 9.62.